The summed E-state index contributed by atoms with van der Waals surface area (Å²) in [6.45, 7) is 6.12. The molecule has 1 aliphatic rings. The molecule has 1 unspecified atom stereocenters. The second-order valence-corrected chi connectivity index (χ2v) is 4.75. The van der Waals surface area contributed by atoms with Gasteiger partial charge < -0.3 is 9.47 Å². The lowest BCUT2D eigenvalue weighted by atomic mass is 10.0. The van der Waals surface area contributed by atoms with Crippen molar-refractivity contribution < 1.29 is 9.47 Å². The Morgan fingerprint density at radius 2 is 2.00 bits per heavy atom. The Balaban J connectivity index is 1.82. The van der Waals surface area contributed by atoms with Crippen molar-refractivity contribution in [2.75, 3.05) is 13.2 Å². The molecule has 0 amide bonds. The monoisotopic (exact) mass is 220 g/mol. The van der Waals surface area contributed by atoms with Gasteiger partial charge in [0.15, 0.2) is 0 Å². The van der Waals surface area contributed by atoms with Crippen molar-refractivity contribution in [1.82, 2.24) is 0 Å². The summed E-state index contributed by atoms with van der Waals surface area (Å²) in [6.07, 6.45) is 2.57. The molecule has 0 aromatic heterocycles. The van der Waals surface area contributed by atoms with Gasteiger partial charge in [-0.2, -0.15) is 0 Å². The fourth-order valence-electron chi connectivity index (χ4n) is 1.69. The molecule has 0 N–H and O–H groups in total. The van der Waals surface area contributed by atoms with E-state index in [1.165, 1.54) is 5.56 Å². The predicted molar refractivity (Wildman–Crippen MR) is 64.7 cm³/mol. The Hall–Kier alpha value is -1.02. The molecule has 2 rings (SSSR count). The fourth-order valence-corrected chi connectivity index (χ4v) is 1.69. The molecule has 1 aliphatic heterocycles. The third kappa shape index (κ3) is 2.99. The van der Waals surface area contributed by atoms with Gasteiger partial charge in [0.2, 0.25) is 0 Å². The van der Waals surface area contributed by atoms with E-state index in [2.05, 4.69) is 26.0 Å². The lowest BCUT2D eigenvalue weighted by Crippen LogP contribution is -2.17. The van der Waals surface area contributed by atoms with Crippen molar-refractivity contribution in [3.8, 4) is 5.75 Å². The molecule has 1 saturated heterocycles. The number of ether oxygens (including phenoxy) is 2. The summed E-state index contributed by atoms with van der Waals surface area (Å²) in [4.78, 5) is 0. The molecule has 2 heteroatoms. The van der Waals surface area contributed by atoms with Crippen LogP contribution in [0.4, 0.5) is 0 Å². The normalized spacial score (nSPS) is 19.6. The molecule has 16 heavy (non-hydrogen) atoms. The maximum atomic E-state index is 5.66. The Bertz CT molecular complexity index is 312. The molecule has 0 bridgehead atoms. The summed E-state index contributed by atoms with van der Waals surface area (Å²) >= 11 is 0. The van der Waals surface area contributed by atoms with Gasteiger partial charge in [0.05, 0.1) is 19.3 Å². The highest BCUT2D eigenvalue weighted by Crippen LogP contribution is 2.30. The van der Waals surface area contributed by atoms with Gasteiger partial charge >= 0.3 is 0 Å². The summed E-state index contributed by atoms with van der Waals surface area (Å²) < 4.78 is 11.1. The molecule has 1 atom stereocenters. The van der Waals surface area contributed by atoms with Gasteiger partial charge in [-0.15, -0.1) is 0 Å². The Morgan fingerprint density at radius 1 is 1.31 bits per heavy atom. The van der Waals surface area contributed by atoms with Crippen molar-refractivity contribution >= 4 is 0 Å². The zero-order valence-electron chi connectivity index (χ0n) is 10.1. The first-order valence-corrected chi connectivity index (χ1v) is 6.10. The first-order valence-electron chi connectivity index (χ1n) is 6.10. The third-order valence-corrected chi connectivity index (χ3v) is 2.91. The van der Waals surface area contributed by atoms with E-state index in [0.29, 0.717) is 12.0 Å². The van der Waals surface area contributed by atoms with Crippen LogP contribution in [0.3, 0.4) is 0 Å². The highest BCUT2D eigenvalue weighted by atomic mass is 16.5. The van der Waals surface area contributed by atoms with Gasteiger partial charge in [0.25, 0.3) is 0 Å². The van der Waals surface area contributed by atoms with E-state index in [1.54, 1.807) is 0 Å². The maximum absolute atomic E-state index is 5.66. The van der Waals surface area contributed by atoms with E-state index >= 15 is 0 Å². The second kappa shape index (κ2) is 5.35. The number of hydrogen-bond donors (Lipinski definition) is 0. The Kier molecular flexibility index (Phi) is 3.83. The number of hydrogen-bond acceptors (Lipinski definition) is 2. The van der Waals surface area contributed by atoms with Crippen LogP contribution in [0, 0.1) is 5.92 Å². The van der Waals surface area contributed by atoms with Gasteiger partial charge in [-0.1, -0.05) is 26.0 Å². The van der Waals surface area contributed by atoms with Crippen LogP contribution < -0.4 is 4.74 Å². The van der Waals surface area contributed by atoms with Gasteiger partial charge in [-0.3, -0.25) is 0 Å². The molecule has 0 radical (unpaired) electrons. The average molecular weight is 220 g/mol. The minimum Gasteiger partial charge on any atom is -0.494 e. The Labute approximate surface area is 97.6 Å². The minimum atomic E-state index is 0.324. The van der Waals surface area contributed by atoms with E-state index in [9.17, 15) is 0 Å². The predicted octanol–water partition coefficient (Wildman–Crippen LogP) is 3.57. The molecular weight excluding hydrogens is 200 g/mol. The molecule has 1 aromatic rings. The summed E-state index contributed by atoms with van der Waals surface area (Å²) in [7, 11) is 0. The standard InChI is InChI=1S/C14H20O2/c1-11(2)7-9-15-13-5-3-12(4-6-13)14-8-10-16-14/h3-6,11,14H,7-10H2,1-2H3. The molecular formula is C14H20O2. The topological polar surface area (TPSA) is 18.5 Å². The first-order chi connectivity index (χ1) is 7.75. The van der Waals surface area contributed by atoms with Crippen LogP contribution in [0.15, 0.2) is 24.3 Å². The fraction of sp³-hybridized carbons (Fsp3) is 0.571. The highest BCUT2D eigenvalue weighted by molar-refractivity contribution is 5.29. The van der Waals surface area contributed by atoms with Gasteiger partial charge in [0, 0.05) is 6.42 Å². The molecule has 1 heterocycles. The maximum Gasteiger partial charge on any atom is 0.119 e. The van der Waals surface area contributed by atoms with Crippen LogP contribution in [0.1, 0.15) is 38.4 Å². The van der Waals surface area contributed by atoms with Gasteiger partial charge in [-0.05, 0) is 30.0 Å². The molecule has 0 spiro atoms. The highest BCUT2D eigenvalue weighted by Gasteiger charge is 2.19. The first kappa shape index (κ1) is 11.5. The molecule has 0 aliphatic carbocycles. The van der Waals surface area contributed by atoms with Crippen LogP contribution in [0.5, 0.6) is 5.75 Å². The van der Waals surface area contributed by atoms with Crippen molar-refractivity contribution in [2.24, 2.45) is 5.92 Å². The van der Waals surface area contributed by atoms with E-state index in [1.807, 2.05) is 12.1 Å². The van der Waals surface area contributed by atoms with Crippen molar-refractivity contribution in [1.29, 1.82) is 0 Å². The lowest BCUT2D eigenvalue weighted by molar-refractivity contribution is -0.0527. The summed E-state index contributed by atoms with van der Waals surface area (Å²) in [5.41, 5.74) is 1.27. The van der Waals surface area contributed by atoms with Crippen LogP contribution in [-0.4, -0.2) is 13.2 Å². The van der Waals surface area contributed by atoms with E-state index in [0.717, 1.165) is 31.8 Å². The smallest absolute Gasteiger partial charge is 0.119 e. The van der Waals surface area contributed by atoms with Crippen LogP contribution in [-0.2, 0) is 4.74 Å². The van der Waals surface area contributed by atoms with Gasteiger partial charge in [0.1, 0.15) is 5.75 Å². The minimum absolute atomic E-state index is 0.324. The molecule has 2 nitrogen and oxygen atoms in total. The van der Waals surface area contributed by atoms with Gasteiger partial charge in [-0.25, -0.2) is 0 Å². The number of rotatable bonds is 5. The van der Waals surface area contributed by atoms with Crippen molar-refractivity contribution in [3.63, 3.8) is 0 Å². The zero-order valence-corrected chi connectivity index (χ0v) is 10.1. The molecule has 88 valence electrons. The zero-order chi connectivity index (χ0) is 11.4. The van der Waals surface area contributed by atoms with E-state index in [4.69, 9.17) is 9.47 Å². The van der Waals surface area contributed by atoms with E-state index in [-0.39, 0.29) is 0 Å². The van der Waals surface area contributed by atoms with Crippen LogP contribution in [0.25, 0.3) is 0 Å². The third-order valence-electron chi connectivity index (χ3n) is 2.91. The lowest BCUT2D eigenvalue weighted by Gasteiger charge is -2.26. The van der Waals surface area contributed by atoms with Crippen LogP contribution >= 0.6 is 0 Å². The SMILES string of the molecule is CC(C)CCOc1ccc(C2CCO2)cc1. The summed E-state index contributed by atoms with van der Waals surface area (Å²) in [5.74, 6) is 1.66. The number of benzene rings is 1. The van der Waals surface area contributed by atoms with Crippen LogP contribution in [0.2, 0.25) is 0 Å². The van der Waals surface area contributed by atoms with Crippen molar-refractivity contribution in [3.05, 3.63) is 29.8 Å². The second-order valence-electron chi connectivity index (χ2n) is 4.75. The largest absolute Gasteiger partial charge is 0.494 e. The average Bonchev–Trinajstić information content (AvgIpc) is 2.17. The molecule has 0 saturated carbocycles. The summed E-state index contributed by atoms with van der Waals surface area (Å²) in [6, 6.07) is 8.29. The van der Waals surface area contributed by atoms with Crippen molar-refractivity contribution in [2.45, 2.75) is 32.8 Å². The quantitative estimate of drug-likeness (QED) is 0.755. The molecule has 1 fully saturated rings. The molecule has 1 aromatic carbocycles. The van der Waals surface area contributed by atoms with E-state index < -0.39 is 0 Å². The summed E-state index contributed by atoms with van der Waals surface area (Å²) in [5, 5.41) is 0. The Morgan fingerprint density at radius 3 is 2.50 bits per heavy atom.